The summed E-state index contributed by atoms with van der Waals surface area (Å²) >= 11 is 0. The first-order chi connectivity index (χ1) is 8.79. The highest BCUT2D eigenvalue weighted by Crippen LogP contribution is 2.31. The van der Waals surface area contributed by atoms with E-state index in [1.165, 1.54) is 19.1 Å². The van der Waals surface area contributed by atoms with Crippen LogP contribution in [0.5, 0.6) is 0 Å². The number of rotatable bonds is 2. The zero-order valence-electron chi connectivity index (χ0n) is 9.78. The maximum Gasteiger partial charge on any atom is 0.416 e. The third-order valence-electron chi connectivity index (χ3n) is 2.48. The molecule has 0 atom stereocenters. The molecule has 0 aliphatic rings. The number of hydrogen-bond acceptors (Lipinski definition) is 3. The summed E-state index contributed by atoms with van der Waals surface area (Å²) in [7, 11) is 0. The van der Waals surface area contributed by atoms with E-state index < -0.39 is 17.6 Å². The Bertz CT molecular complexity index is 615. The van der Waals surface area contributed by atoms with E-state index in [0.717, 1.165) is 12.1 Å². The molecule has 4 nitrogen and oxygen atoms in total. The average Bonchev–Trinajstić information content (AvgIpc) is 2.70. The number of carbonyl (C=O) groups is 1. The van der Waals surface area contributed by atoms with Crippen LogP contribution in [0.15, 0.2) is 28.7 Å². The minimum Gasteiger partial charge on any atom is -0.431 e. The maximum atomic E-state index is 12.4. The van der Waals surface area contributed by atoms with Crippen molar-refractivity contribution in [2.75, 3.05) is 0 Å². The number of nitrogens with two attached hydrogens (primary N) is 1. The topological polar surface area (TPSA) is 69.1 Å². The van der Waals surface area contributed by atoms with Crippen molar-refractivity contribution in [2.24, 2.45) is 5.73 Å². The number of primary amides is 1. The first-order valence-electron chi connectivity index (χ1n) is 5.24. The van der Waals surface area contributed by atoms with Crippen LogP contribution in [-0.4, -0.2) is 10.9 Å². The molecular weight excluding hydrogens is 261 g/mol. The predicted molar refractivity (Wildman–Crippen MR) is 60.2 cm³/mol. The van der Waals surface area contributed by atoms with Crippen molar-refractivity contribution in [3.63, 3.8) is 0 Å². The second kappa shape index (κ2) is 4.42. The van der Waals surface area contributed by atoms with Crippen molar-refractivity contribution >= 4 is 5.91 Å². The number of nitrogens with zero attached hydrogens (tertiary/aromatic N) is 1. The van der Waals surface area contributed by atoms with Gasteiger partial charge in [0.05, 0.1) is 11.3 Å². The molecule has 1 heterocycles. The Balaban J connectivity index is 2.38. The van der Waals surface area contributed by atoms with Gasteiger partial charge in [-0.2, -0.15) is 13.2 Å². The van der Waals surface area contributed by atoms with Gasteiger partial charge in [0.2, 0.25) is 11.7 Å². The van der Waals surface area contributed by atoms with E-state index in [0.29, 0.717) is 11.3 Å². The third kappa shape index (κ3) is 2.59. The largest absolute Gasteiger partial charge is 0.431 e. The number of aryl methyl sites for hydroxylation is 1. The standard InChI is InChI=1S/C12H9F3N2O2/c1-6-9(10(16)18)19-11(17-6)7-2-4-8(5-3-7)12(13,14)15/h2-5H,1H3,(H2,16,18). The smallest absolute Gasteiger partial charge is 0.416 e. The van der Waals surface area contributed by atoms with Gasteiger partial charge in [-0.15, -0.1) is 0 Å². The maximum absolute atomic E-state index is 12.4. The minimum atomic E-state index is -4.40. The molecule has 0 spiro atoms. The first-order valence-corrected chi connectivity index (χ1v) is 5.24. The molecule has 0 saturated carbocycles. The predicted octanol–water partition coefficient (Wildman–Crippen LogP) is 2.77. The van der Waals surface area contributed by atoms with Crippen molar-refractivity contribution < 1.29 is 22.4 Å². The third-order valence-corrected chi connectivity index (χ3v) is 2.48. The van der Waals surface area contributed by atoms with Crippen LogP contribution in [0.4, 0.5) is 13.2 Å². The summed E-state index contributed by atoms with van der Waals surface area (Å²) in [6.45, 7) is 1.52. The Kier molecular flexibility index (Phi) is 3.05. The minimum absolute atomic E-state index is 0.0556. The fourth-order valence-electron chi connectivity index (χ4n) is 1.55. The lowest BCUT2D eigenvalue weighted by atomic mass is 10.1. The van der Waals surface area contributed by atoms with E-state index in [-0.39, 0.29) is 11.7 Å². The van der Waals surface area contributed by atoms with Crippen molar-refractivity contribution in [3.05, 3.63) is 41.3 Å². The second-order valence-corrected chi connectivity index (χ2v) is 3.87. The van der Waals surface area contributed by atoms with Crippen LogP contribution in [0.2, 0.25) is 0 Å². The summed E-state index contributed by atoms with van der Waals surface area (Å²) in [6, 6.07) is 4.27. The summed E-state index contributed by atoms with van der Waals surface area (Å²) < 4.78 is 42.3. The van der Waals surface area contributed by atoms with E-state index in [4.69, 9.17) is 10.2 Å². The first kappa shape index (κ1) is 13.1. The van der Waals surface area contributed by atoms with Crippen LogP contribution in [0.1, 0.15) is 21.8 Å². The highest BCUT2D eigenvalue weighted by molar-refractivity contribution is 5.91. The Hall–Kier alpha value is -2.31. The van der Waals surface area contributed by atoms with Gasteiger partial charge in [0, 0.05) is 5.56 Å². The van der Waals surface area contributed by atoms with Gasteiger partial charge in [0.1, 0.15) is 0 Å². The number of hydrogen-bond donors (Lipinski definition) is 1. The Labute approximate surface area is 106 Å². The van der Waals surface area contributed by atoms with Crippen LogP contribution in [0.25, 0.3) is 11.5 Å². The lowest BCUT2D eigenvalue weighted by Gasteiger charge is -2.05. The molecule has 0 bridgehead atoms. The van der Waals surface area contributed by atoms with Gasteiger partial charge < -0.3 is 10.2 Å². The molecule has 0 aliphatic carbocycles. The monoisotopic (exact) mass is 270 g/mol. The van der Waals surface area contributed by atoms with E-state index in [9.17, 15) is 18.0 Å². The number of benzene rings is 1. The second-order valence-electron chi connectivity index (χ2n) is 3.87. The van der Waals surface area contributed by atoms with Gasteiger partial charge in [-0.05, 0) is 31.2 Å². The molecule has 0 saturated heterocycles. The normalized spacial score (nSPS) is 11.6. The summed E-state index contributed by atoms with van der Waals surface area (Å²) in [5.41, 5.74) is 4.93. The molecule has 1 aromatic carbocycles. The number of aromatic nitrogens is 1. The molecule has 0 unspecified atom stereocenters. The molecule has 2 N–H and O–H groups in total. The van der Waals surface area contributed by atoms with Gasteiger partial charge in [-0.25, -0.2) is 4.98 Å². The van der Waals surface area contributed by atoms with Crippen molar-refractivity contribution in [3.8, 4) is 11.5 Å². The fraction of sp³-hybridized carbons (Fsp3) is 0.167. The van der Waals surface area contributed by atoms with Crippen LogP contribution in [0.3, 0.4) is 0 Å². The number of halogens is 3. The van der Waals surface area contributed by atoms with Gasteiger partial charge >= 0.3 is 6.18 Å². The van der Waals surface area contributed by atoms with Crippen LogP contribution >= 0.6 is 0 Å². The molecule has 2 rings (SSSR count). The molecule has 0 radical (unpaired) electrons. The van der Waals surface area contributed by atoms with Crippen LogP contribution in [0, 0.1) is 6.92 Å². The van der Waals surface area contributed by atoms with E-state index in [1.54, 1.807) is 0 Å². The molecule has 7 heteroatoms. The van der Waals surface area contributed by atoms with Crippen LogP contribution in [-0.2, 0) is 6.18 Å². The quantitative estimate of drug-likeness (QED) is 0.912. The van der Waals surface area contributed by atoms with Crippen LogP contribution < -0.4 is 5.73 Å². The van der Waals surface area contributed by atoms with E-state index in [2.05, 4.69) is 4.98 Å². The highest BCUT2D eigenvalue weighted by Gasteiger charge is 2.30. The molecule has 0 fully saturated rings. The van der Waals surface area contributed by atoms with E-state index >= 15 is 0 Å². The van der Waals surface area contributed by atoms with E-state index in [1.807, 2.05) is 0 Å². The van der Waals surface area contributed by atoms with Gasteiger partial charge in [0.15, 0.2) is 0 Å². The molecule has 1 amide bonds. The highest BCUT2D eigenvalue weighted by atomic mass is 19.4. The molecule has 1 aromatic heterocycles. The molecule has 2 aromatic rings. The molecule has 0 aliphatic heterocycles. The Morgan fingerprint density at radius 2 is 1.84 bits per heavy atom. The summed E-state index contributed by atoms with van der Waals surface area (Å²) in [5, 5.41) is 0. The number of amides is 1. The van der Waals surface area contributed by atoms with Gasteiger partial charge in [0.25, 0.3) is 5.91 Å². The average molecular weight is 270 g/mol. The SMILES string of the molecule is Cc1nc(-c2ccc(C(F)(F)F)cc2)oc1C(N)=O. The lowest BCUT2D eigenvalue weighted by Crippen LogP contribution is -2.10. The fourth-order valence-corrected chi connectivity index (χ4v) is 1.55. The van der Waals surface area contributed by atoms with Gasteiger partial charge in [-0.1, -0.05) is 0 Å². The lowest BCUT2D eigenvalue weighted by molar-refractivity contribution is -0.137. The number of oxazole rings is 1. The zero-order chi connectivity index (χ0) is 14.2. The van der Waals surface area contributed by atoms with Crippen molar-refractivity contribution in [1.29, 1.82) is 0 Å². The zero-order valence-corrected chi connectivity index (χ0v) is 9.78. The summed E-state index contributed by atoms with van der Waals surface area (Å²) in [6.07, 6.45) is -4.40. The Morgan fingerprint density at radius 3 is 2.26 bits per heavy atom. The molecule has 100 valence electrons. The van der Waals surface area contributed by atoms with Crippen molar-refractivity contribution in [2.45, 2.75) is 13.1 Å². The summed E-state index contributed by atoms with van der Waals surface area (Å²) in [4.78, 5) is 14.9. The Morgan fingerprint density at radius 1 is 1.26 bits per heavy atom. The number of carbonyl (C=O) groups excluding carboxylic acids is 1. The summed E-state index contributed by atoms with van der Waals surface area (Å²) in [5.74, 6) is -0.821. The molecular formula is C12H9F3N2O2. The van der Waals surface area contributed by atoms with Gasteiger partial charge in [-0.3, -0.25) is 4.79 Å². The van der Waals surface area contributed by atoms with Crippen molar-refractivity contribution in [1.82, 2.24) is 4.98 Å². The molecule has 19 heavy (non-hydrogen) atoms. The number of alkyl halides is 3.